The predicted octanol–water partition coefficient (Wildman–Crippen LogP) is 3.70. The third-order valence-electron chi connectivity index (χ3n) is 5.46. The Labute approximate surface area is 151 Å². The Morgan fingerprint density at radius 3 is 2.48 bits per heavy atom. The van der Waals surface area contributed by atoms with Crippen LogP contribution in [0, 0.1) is 11.8 Å². The molecule has 0 amide bonds. The highest BCUT2D eigenvalue weighted by Gasteiger charge is 2.40. The second-order valence-corrected chi connectivity index (χ2v) is 7.58. The van der Waals surface area contributed by atoms with E-state index in [9.17, 15) is 19.8 Å². The summed E-state index contributed by atoms with van der Waals surface area (Å²) < 4.78 is 0. The van der Waals surface area contributed by atoms with E-state index in [1.54, 1.807) is 0 Å². The number of aliphatic carboxylic acids is 1. The quantitative estimate of drug-likeness (QED) is 0.413. The number of hydrogen-bond acceptors (Lipinski definition) is 4. The third-order valence-corrected chi connectivity index (χ3v) is 5.46. The first-order chi connectivity index (χ1) is 12.0. The Bertz CT molecular complexity index is 396. The molecule has 4 atom stereocenters. The molecule has 0 aromatic rings. The molecular formula is C20H36O5. The van der Waals surface area contributed by atoms with Gasteiger partial charge in [-0.25, -0.2) is 0 Å². The van der Waals surface area contributed by atoms with Gasteiger partial charge in [0, 0.05) is 18.8 Å². The molecule has 5 heteroatoms. The van der Waals surface area contributed by atoms with Gasteiger partial charge < -0.3 is 15.3 Å². The van der Waals surface area contributed by atoms with Gasteiger partial charge in [0.15, 0.2) is 0 Å². The van der Waals surface area contributed by atoms with Crippen molar-refractivity contribution >= 4 is 11.8 Å². The molecule has 0 spiro atoms. The summed E-state index contributed by atoms with van der Waals surface area (Å²) in [5.41, 5.74) is 0. The van der Waals surface area contributed by atoms with E-state index in [1.807, 2.05) is 0 Å². The van der Waals surface area contributed by atoms with Crippen molar-refractivity contribution in [2.45, 2.75) is 103 Å². The number of Topliss-reactive ketones (excluding diaryl/α,β-unsaturated/α-hetero) is 1. The number of aliphatic hydroxyl groups excluding tert-OH is 2. The molecular weight excluding hydrogens is 320 g/mol. The normalized spacial score (nSPS) is 24.6. The lowest BCUT2D eigenvalue weighted by atomic mass is 9.85. The van der Waals surface area contributed by atoms with Crippen molar-refractivity contribution < 1.29 is 24.9 Å². The SMILES string of the molecule is CCCCC[C@H](O)CCC1C(CCCCCCC(=O)O)C(=O)C[C@H]1O. The number of aliphatic hydroxyl groups is 2. The molecule has 1 aliphatic rings. The number of carboxylic acid groups (broad SMARTS) is 1. The molecule has 0 saturated heterocycles. The van der Waals surface area contributed by atoms with Gasteiger partial charge in [-0.05, 0) is 38.0 Å². The molecule has 146 valence electrons. The summed E-state index contributed by atoms with van der Waals surface area (Å²) in [5.74, 6) is -0.708. The molecule has 0 aliphatic heterocycles. The van der Waals surface area contributed by atoms with Crippen molar-refractivity contribution in [3.63, 3.8) is 0 Å². The van der Waals surface area contributed by atoms with Crippen LogP contribution in [0.3, 0.4) is 0 Å². The highest BCUT2D eigenvalue weighted by molar-refractivity contribution is 5.84. The molecule has 1 saturated carbocycles. The van der Waals surface area contributed by atoms with E-state index < -0.39 is 12.1 Å². The molecule has 0 aromatic heterocycles. The number of carboxylic acids is 1. The Balaban J connectivity index is 2.30. The molecule has 0 bridgehead atoms. The summed E-state index contributed by atoms with van der Waals surface area (Å²) in [5, 5.41) is 28.9. The molecule has 1 aliphatic carbocycles. The van der Waals surface area contributed by atoms with E-state index in [4.69, 9.17) is 5.11 Å². The fraction of sp³-hybridized carbons (Fsp3) is 0.900. The number of carbonyl (C=O) groups excluding carboxylic acids is 1. The minimum Gasteiger partial charge on any atom is -0.481 e. The van der Waals surface area contributed by atoms with Gasteiger partial charge in [0.2, 0.25) is 0 Å². The number of rotatable bonds is 14. The number of unbranched alkanes of at least 4 members (excludes halogenated alkanes) is 5. The van der Waals surface area contributed by atoms with Gasteiger partial charge in [-0.15, -0.1) is 0 Å². The van der Waals surface area contributed by atoms with Gasteiger partial charge in [-0.3, -0.25) is 9.59 Å². The maximum atomic E-state index is 12.2. The van der Waals surface area contributed by atoms with Crippen molar-refractivity contribution in [3.8, 4) is 0 Å². The Hall–Kier alpha value is -0.940. The highest BCUT2D eigenvalue weighted by Crippen LogP contribution is 2.36. The van der Waals surface area contributed by atoms with E-state index in [1.165, 1.54) is 0 Å². The van der Waals surface area contributed by atoms with Crippen LogP contribution in [0.2, 0.25) is 0 Å². The van der Waals surface area contributed by atoms with Crippen LogP contribution in [-0.4, -0.2) is 39.3 Å². The fourth-order valence-electron chi connectivity index (χ4n) is 3.94. The van der Waals surface area contributed by atoms with Gasteiger partial charge in [0.25, 0.3) is 0 Å². The van der Waals surface area contributed by atoms with Gasteiger partial charge >= 0.3 is 5.97 Å². The van der Waals surface area contributed by atoms with E-state index in [-0.39, 0.29) is 36.6 Å². The van der Waals surface area contributed by atoms with Crippen LogP contribution in [0.25, 0.3) is 0 Å². The van der Waals surface area contributed by atoms with Crippen LogP contribution in [0.4, 0.5) is 0 Å². The standard InChI is InChI=1S/C20H36O5/c1-2-3-6-9-15(21)12-13-17-16(18(22)14-19(17)23)10-7-4-5-8-11-20(24)25/h15-17,19,21,23H,2-14H2,1H3,(H,24,25)/t15-,16?,17?,19+/m0/s1. The van der Waals surface area contributed by atoms with Crippen LogP contribution < -0.4 is 0 Å². The van der Waals surface area contributed by atoms with E-state index >= 15 is 0 Å². The summed E-state index contributed by atoms with van der Waals surface area (Å²) >= 11 is 0. The van der Waals surface area contributed by atoms with Crippen molar-refractivity contribution in [3.05, 3.63) is 0 Å². The van der Waals surface area contributed by atoms with Gasteiger partial charge in [-0.1, -0.05) is 45.4 Å². The summed E-state index contributed by atoms with van der Waals surface area (Å²) in [7, 11) is 0. The molecule has 25 heavy (non-hydrogen) atoms. The second kappa shape index (κ2) is 12.4. The lowest BCUT2D eigenvalue weighted by Crippen LogP contribution is -2.22. The zero-order valence-electron chi connectivity index (χ0n) is 15.7. The minimum absolute atomic E-state index is 0.0210. The van der Waals surface area contributed by atoms with E-state index in [2.05, 4.69) is 6.92 Å². The molecule has 2 unspecified atom stereocenters. The maximum absolute atomic E-state index is 12.2. The molecule has 0 aromatic carbocycles. The zero-order chi connectivity index (χ0) is 18.7. The predicted molar refractivity (Wildman–Crippen MR) is 97.3 cm³/mol. The van der Waals surface area contributed by atoms with Gasteiger partial charge in [0.1, 0.15) is 5.78 Å². The Kier molecular flexibility index (Phi) is 11.0. The Morgan fingerprint density at radius 1 is 1.08 bits per heavy atom. The fourth-order valence-corrected chi connectivity index (χ4v) is 3.94. The lowest BCUT2D eigenvalue weighted by molar-refractivity contribution is -0.137. The van der Waals surface area contributed by atoms with Crippen molar-refractivity contribution in [1.82, 2.24) is 0 Å². The largest absolute Gasteiger partial charge is 0.481 e. The average molecular weight is 357 g/mol. The summed E-state index contributed by atoms with van der Waals surface area (Å²) in [6.07, 6.45) is 9.21. The van der Waals surface area contributed by atoms with E-state index in [0.717, 1.165) is 51.4 Å². The van der Waals surface area contributed by atoms with Crippen LogP contribution >= 0.6 is 0 Å². The molecule has 5 nitrogen and oxygen atoms in total. The van der Waals surface area contributed by atoms with Gasteiger partial charge in [0.05, 0.1) is 12.2 Å². The first kappa shape index (κ1) is 22.1. The van der Waals surface area contributed by atoms with Gasteiger partial charge in [-0.2, -0.15) is 0 Å². The lowest BCUT2D eigenvalue weighted by Gasteiger charge is -2.22. The Morgan fingerprint density at radius 2 is 1.80 bits per heavy atom. The number of hydrogen-bond donors (Lipinski definition) is 3. The van der Waals surface area contributed by atoms with Crippen LogP contribution in [0.15, 0.2) is 0 Å². The van der Waals surface area contributed by atoms with Crippen molar-refractivity contribution in [1.29, 1.82) is 0 Å². The third kappa shape index (κ3) is 8.82. The van der Waals surface area contributed by atoms with Crippen LogP contribution in [0.5, 0.6) is 0 Å². The second-order valence-electron chi connectivity index (χ2n) is 7.58. The molecule has 1 rings (SSSR count). The topological polar surface area (TPSA) is 94.8 Å². The number of ketones is 1. The maximum Gasteiger partial charge on any atom is 0.303 e. The van der Waals surface area contributed by atoms with Crippen molar-refractivity contribution in [2.75, 3.05) is 0 Å². The summed E-state index contributed by atoms with van der Waals surface area (Å²) in [6, 6.07) is 0. The summed E-state index contributed by atoms with van der Waals surface area (Å²) in [4.78, 5) is 22.6. The molecule has 1 fully saturated rings. The first-order valence-electron chi connectivity index (χ1n) is 10.1. The molecule has 0 radical (unpaired) electrons. The average Bonchev–Trinajstić information content (AvgIpc) is 2.82. The van der Waals surface area contributed by atoms with E-state index in [0.29, 0.717) is 19.3 Å². The smallest absolute Gasteiger partial charge is 0.303 e. The first-order valence-corrected chi connectivity index (χ1v) is 10.1. The minimum atomic E-state index is -0.758. The zero-order valence-corrected chi connectivity index (χ0v) is 15.7. The number of carbonyl (C=O) groups is 2. The molecule has 3 N–H and O–H groups in total. The van der Waals surface area contributed by atoms with Crippen molar-refractivity contribution in [2.24, 2.45) is 11.8 Å². The molecule has 0 heterocycles. The summed E-state index contributed by atoms with van der Waals surface area (Å²) in [6.45, 7) is 2.14. The highest BCUT2D eigenvalue weighted by atomic mass is 16.4. The van der Waals surface area contributed by atoms with Crippen LogP contribution in [0.1, 0.15) is 90.4 Å². The monoisotopic (exact) mass is 356 g/mol. The van der Waals surface area contributed by atoms with Crippen LogP contribution in [-0.2, 0) is 9.59 Å².